The molecule has 1 aromatic carbocycles. The number of amides is 1. The van der Waals surface area contributed by atoms with Crippen LogP contribution >= 0.6 is 0 Å². The summed E-state index contributed by atoms with van der Waals surface area (Å²) in [6.45, 7) is 5.70. The van der Waals surface area contributed by atoms with Crippen LogP contribution in [0.3, 0.4) is 0 Å². The first-order valence-electron chi connectivity index (χ1n) is 5.95. The Bertz CT molecular complexity index is 495. The van der Waals surface area contributed by atoms with Gasteiger partial charge < -0.3 is 10.0 Å². The maximum absolute atomic E-state index is 12.2. The van der Waals surface area contributed by atoms with Crippen molar-refractivity contribution in [3.63, 3.8) is 0 Å². The van der Waals surface area contributed by atoms with Crippen LogP contribution < -0.4 is 0 Å². The Balaban J connectivity index is 3.08. The summed E-state index contributed by atoms with van der Waals surface area (Å²) >= 11 is 0. The van der Waals surface area contributed by atoms with Crippen molar-refractivity contribution in [3.8, 4) is 11.8 Å². The fraction of sp³-hybridized carbons (Fsp3) is 0.400. The lowest BCUT2D eigenvalue weighted by Gasteiger charge is -2.21. The first kappa shape index (κ1) is 14.3. The number of benzene rings is 1. The normalized spacial score (nSPS) is 9.89. The second kappa shape index (κ2) is 6.23. The largest absolute Gasteiger partial charge is 0.384 e. The van der Waals surface area contributed by atoms with E-state index in [1.807, 2.05) is 26.8 Å². The molecule has 0 unspecified atom stereocenters. The molecule has 3 nitrogen and oxygen atoms in total. The lowest BCUT2D eigenvalue weighted by molar-refractivity contribution is 0.0755. The summed E-state index contributed by atoms with van der Waals surface area (Å²) in [5.41, 5.74) is 2.41. The topological polar surface area (TPSA) is 40.5 Å². The van der Waals surface area contributed by atoms with Crippen molar-refractivity contribution in [3.05, 3.63) is 34.9 Å². The van der Waals surface area contributed by atoms with Gasteiger partial charge in [0.05, 0.1) is 0 Å². The summed E-state index contributed by atoms with van der Waals surface area (Å²) in [6.07, 6.45) is 0. The van der Waals surface area contributed by atoms with E-state index in [0.717, 1.165) is 11.1 Å². The minimum absolute atomic E-state index is 0.0166. The smallest absolute Gasteiger partial charge is 0.253 e. The molecule has 1 rings (SSSR count). The molecule has 0 spiro atoms. The molecular weight excluding hydrogens is 226 g/mol. The monoisotopic (exact) mass is 245 g/mol. The van der Waals surface area contributed by atoms with Gasteiger partial charge in [0, 0.05) is 24.2 Å². The number of hydrogen-bond acceptors (Lipinski definition) is 2. The van der Waals surface area contributed by atoms with Gasteiger partial charge in [-0.05, 0) is 38.5 Å². The van der Waals surface area contributed by atoms with Crippen molar-refractivity contribution in [1.29, 1.82) is 0 Å². The van der Waals surface area contributed by atoms with Gasteiger partial charge in [-0.2, -0.15) is 0 Å². The zero-order chi connectivity index (χ0) is 13.7. The standard InChI is InChI=1S/C15H19NO2/c1-11(2)16(4)15(18)14-8-7-12(3)13(10-14)6-5-9-17/h7-8,10-11,17H,9H2,1-4H3. The molecule has 3 heteroatoms. The first-order valence-corrected chi connectivity index (χ1v) is 5.95. The Kier molecular flexibility index (Phi) is 4.94. The summed E-state index contributed by atoms with van der Waals surface area (Å²) in [7, 11) is 1.78. The first-order chi connectivity index (χ1) is 8.47. The van der Waals surface area contributed by atoms with E-state index >= 15 is 0 Å². The number of carbonyl (C=O) groups is 1. The molecule has 1 N–H and O–H groups in total. The highest BCUT2D eigenvalue weighted by molar-refractivity contribution is 5.94. The molecule has 0 aliphatic carbocycles. The van der Waals surface area contributed by atoms with E-state index in [2.05, 4.69) is 11.8 Å². The highest BCUT2D eigenvalue weighted by atomic mass is 16.2. The third-order valence-corrected chi connectivity index (χ3v) is 2.88. The molecule has 0 saturated carbocycles. The van der Waals surface area contributed by atoms with Crippen LogP contribution in [0.5, 0.6) is 0 Å². The van der Waals surface area contributed by atoms with Crippen molar-refractivity contribution in [1.82, 2.24) is 4.90 Å². The molecule has 0 atom stereocenters. The third-order valence-electron chi connectivity index (χ3n) is 2.88. The molecule has 1 aromatic rings. The van der Waals surface area contributed by atoms with Crippen LogP contribution in [0.4, 0.5) is 0 Å². The molecule has 0 aromatic heterocycles. The number of hydrogen-bond donors (Lipinski definition) is 1. The van der Waals surface area contributed by atoms with Crippen molar-refractivity contribution >= 4 is 5.91 Å². The summed E-state index contributed by atoms with van der Waals surface area (Å²) in [5.74, 6) is 5.44. The van der Waals surface area contributed by atoms with Gasteiger partial charge in [0.1, 0.15) is 6.61 Å². The summed E-state index contributed by atoms with van der Waals surface area (Å²) in [5, 5.41) is 8.71. The van der Waals surface area contributed by atoms with E-state index in [4.69, 9.17) is 5.11 Å². The molecule has 0 radical (unpaired) electrons. The molecule has 18 heavy (non-hydrogen) atoms. The molecule has 0 aliphatic heterocycles. The van der Waals surface area contributed by atoms with Crippen LogP contribution in [0.2, 0.25) is 0 Å². The second-order valence-corrected chi connectivity index (χ2v) is 4.50. The zero-order valence-corrected chi connectivity index (χ0v) is 11.3. The molecule has 96 valence electrons. The Hall–Kier alpha value is -1.79. The average molecular weight is 245 g/mol. The molecule has 0 aliphatic rings. The van der Waals surface area contributed by atoms with E-state index in [1.54, 1.807) is 24.1 Å². The van der Waals surface area contributed by atoms with E-state index in [0.29, 0.717) is 5.56 Å². The van der Waals surface area contributed by atoms with E-state index in [9.17, 15) is 4.79 Å². The predicted octanol–water partition coefficient (Wildman–Crippen LogP) is 1.82. The quantitative estimate of drug-likeness (QED) is 0.807. The fourth-order valence-electron chi connectivity index (χ4n) is 1.46. The highest BCUT2D eigenvalue weighted by Crippen LogP contribution is 2.13. The van der Waals surface area contributed by atoms with Crippen LogP contribution in [0, 0.1) is 18.8 Å². The van der Waals surface area contributed by atoms with E-state index in [-0.39, 0.29) is 18.6 Å². The zero-order valence-electron chi connectivity index (χ0n) is 11.3. The maximum atomic E-state index is 12.2. The second-order valence-electron chi connectivity index (χ2n) is 4.50. The SMILES string of the molecule is Cc1ccc(C(=O)N(C)C(C)C)cc1C#CCO. The Morgan fingerprint density at radius 1 is 1.44 bits per heavy atom. The third kappa shape index (κ3) is 3.35. The van der Waals surface area contributed by atoms with Gasteiger partial charge in [0.15, 0.2) is 0 Å². The van der Waals surface area contributed by atoms with Gasteiger partial charge in [-0.3, -0.25) is 4.79 Å². The number of nitrogens with zero attached hydrogens (tertiary/aromatic N) is 1. The Morgan fingerprint density at radius 3 is 2.67 bits per heavy atom. The summed E-state index contributed by atoms with van der Waals surface area (Å²) < 4.78 is 0. The van der Waals surface area contributed by atoms with Gasteiger partial charge in [-0.25, -0.2) is 0 Å². The lowest BCUT2D eigenvalue weighted by Crippen LogP contribution is -2.33. The number of aryl methyl sites for hydroxylation is 1. The van der Waals surface area contributed by atoms with Crippen LogP contribution in [0.25, 0.3) is 0 Å². The minimum atomic E-state index is -0.177. The predicted molar refractivity (Wildman–Crippen MR) is 72.4 cm³/mol. The molecule has 0 fully saturated rings. The molecule has 0 saturated heterocycles. The average Bonchev–Trinajstić information content (AvgIpc) is 2.36. The van der Waals surface area contributed by atoms with Crippen LogP contribution in [0.1, 0.15) is 35.3 Å². The van der Waals surface area contributed by atoms with Gasteiger partial charge in [0.2, 0.25) is 0 Å². The van der Waals surface area contributed by atoms with Gasteiger partial charge in [0.25, 0.3) is 5.91 Å². The van der Waals surface area contributed by atoms with Crippen molar-refractivity contribution in [2.45, 2.75) is 26.8 Å². The van der Waals surface area contributed by atoms with Crippen LogP contribution in [-0.4, -0.2) is 35.6 Å². The maximum Gasteiger partial charge on any atom is 0.253 e. The Morgan fingerprint density at radius 2 is 2.11 bits per heavy atom. The number of rotatable bonds is 2. The number of carbonyl (C=O) groups excluding carboxylic acids is 1. The van der Waals surface area contributed by atoms with Gasteiger partial charge >= 0.3 is 0 Å². The van der Waals surface area contributed by atoms with E-state index in [1.165, 1.54) is 0 Å². The Labute approximate surface area is 108 Å². The number of aliphatic hydroxyl groups is 1. The molecule has 0 bridgehead atoms. The van der Waals surface area contributed by atoms with Crippen molar-refractivity contribution < 1.29 is 9.90 Å². The van der Waals surface area contributed by atoms with Crippen LogP contribution in [-0.2, 0) is 0 Å². The highest BCUT2D eigenvalue weighted by Gasteiger charge is 2.14. The van der Waals surface area contributed by atoms with Gasteiger partial charge in [-0.15, -0.1) is 0 Å². The summed E-state index contributed by atoms with van der Waals surface area (Å²) in [6, 6.07) is 5.62. The fourth-order valence-corrected chi connectivity index (χ4v) is 1.46. The lowest BCUT2D eigenvalue weighted by atomic mass is 10.0. The molecular formula is C15H19NO2. The molecule has 0 heterocycles. The minimum Gasteiger partial charge on any atom is -0.384 e. The van der Waals surface area contributed by atoms with Crippen molar-refractivity contribution in [2.24, 2.45) is 0 Å². The van der Waals surface area contributed by atoms with Gasteiger partial charge in [-0.1, -0.05) is 17.9 Å². The summed E-state index contributed by atoms with van der Waals surface area (Å²) in [4.78, 5) is 13.8. The molecule has 1 amide bonds. The van der Waals surface area contributed by atoms with Crippen LogP contribution in [0.15, 0.2) is 18.2 Å². The number of aliphatic hydroxyl groups excluding tert-OH is 1. The van der Waals surface area contributed by atoms with Crippen molar-refractivity contribution in [2.75, 3.05) is 13.7 Å². The van der Waals surface area contributed by atoms with E-state index < -0.39 is 0 Å².